The van der Waals surface area contributed by atoms with E-state index in [1.54, 1.807) is 30.6 Å². The maximum atomic E-state index is 13.0. The predicted octanol–water partition coefficient (Wildman–Crippen LogP) is 26.8. The summed E-state index contributed by atoms with van der Waals surface area (Å²) in [5, 5.41) is 9.06. The Hall–Kier alpha value is -11.3. The molecule has 0 fully saturated rings. The number of pyridine rings is 3. The molecule has 0 saturated heterocycles. The van der Waals surface area contributed by atoms with Crippen molar-refractivity contribution in [3.05, 3.63) is 323 Å². The summed E-state index contributed by atoms with van der Waals surface area (Å²) in [6.07, 6.45) is 3.01. The molecule has 0 atom stereocenters. The zero-order valence-corrected chi connectivity index (χ0v) is 81.8. The predicted molar refractivity (Wildman–Crippen MR) is 491 cm³/mol. The van der Waals surface area contributed by atoms with Crippen LogP contribution in [0.2, 0.25) is 0 Å². The molecule has 0 bridgehead atoms. The van der Waals surface area contributed by atoms with E-state index in [1.807, 2.05) is 66.9 Å². The number of aryl methyl sites for hydroxylation is 1. The largest absolute Gasteiger partial charge is 0.381 e. The summed E-state index contributed by atoms with van der Waals surface area (Å²) in [6, 6.07) is 88.1. The Balaban J connectivity index is 0.000000195. The van der Waals surface area contributed by atoms with Crippen molar-refractivity contribution in [2.24, 2.45) is 0 Å². The zero-order valence-electron chi connectivity index (χ0n) is 74.6. The third-order valence-corrected chi connectivity index (χ3v) is 21.4. The quantitative estimate of drug-likeness (QED) is 0.0940. The van der Waals surface area contributed by atoms with Crippen LogP contribution in [0, 0.1) is 29.5 Å². The molecule has 126 heavy (non-hydrogen) atoms. The van der Waals surface area contributed by atoms with Gasteiger partial charge in [0, 0.05) is 135 Å². The van der Waals surface area contributed by atoms with Gasteiger partial charge in [-0.15, -0.1) is 95.1 Å². The van der Waals surface area contributed by atoms with E-state index >= 15 is 0 Å². The van der Waals surface area contributed by atoms with Crippen molar-refractivity contribution in [1.82, 2.24) is 59.8 Å². The van der Waals surface area contributed by atoms with Crippen LogP contribution in [0.25, 0.3) is 136 Å². The summed E-state index contributed by atoms with van der Waals surface area (Å²) in [7, 11) is 0. The van der Waals surface area contributed by atoms with Gasteiger partial charge in [0.25, 0.3) is 0 Å². The topological polar surface area (TPSA) is 178 Å². The van der Waals surface area contributed by atoms with Crippen LogP contribution >= 0.6 is 0 Å². The smallest absolute Gasteiger partial charge is 0.304 e. The van der Waals surface area contributed by atoms with E-state index < -0.39 is 11.7 Å². The standard InChI is InChI=1S/C37H39N4.C35H32F3N4.C35H32N5.3Ir/c1-8-9-25-10-12-26(13-11-25)32-23-18-29(24-38-32)35-40-33(27-14-19-30(20-15-27)36(2,3)4)39-34(41-35)28-16-21-31(22-17-28)37(5,6)7;1-33(2,3)26-14-9-23(10-15-26)30-40-31(24-11-16-27(17-12-24)34(4,5)6)42-32(41-30)25-13-20-29(39-21-25)22-7-18-28(19-8-22)35(36,37)38;1-34(2,3)28-16-11-25(12-17-28)31-38-32(26-13-18-29(19-14-26)35(4,5)6)40-33(39-31)27-15-20-30(37-22-27)24-9-7-23(21-36)8-10-24;;;/h10-12,14-24H,8-9H2,1-7H3;7,9-21H,1-6H3;7-9,11-20,22H,1-6H3;;;/q3*-1;;;. The summed E-state index contributed by atoms with van der Waals surface area (Å²) >= 11 is 0. The number of rotatable bonds is 14. The fraction of sp³-hybridized carbons (Fsp3) is 0.262. The van der Waals surface area contributed by atoms with E-state index in [1.165, 1.54) is 45.0 Å². The van der Waals surface area contributed by atoms with Crippen LogP contribution in [0.15, 0.2) is 255 Å². The number of aromatic nitrogens is 12. The van der Waals surface area contributed by atoms with Crippen LogP contribution in [-0.4, -0.2) is 59.8 Å². The van der Waals surface area contributed by atoms with Gasteiger partial charge in [0.15, 0.2) is 52.4 Å². The van der Waals surface area contributed by atoms with E-state index in [0.717, 1.165) is 92.0 Å². The van der Waals surface area contributed by atoms with Crippen LogP contribution < -0.4 is 0 Å². The van der Waals surface area contributed by atoms with E-state index in [0.29, 0.717) is 74.8 Å². The first-order valence-electron chi connectivity index (χ1n) is 41.6. The van der Waals surface area contributed by atoms with Crippen LogP contribution in [0.3, 0.4) is 0 Å². The second-order valence-electron chi connectivity index (χ2n) is 37.1. The molecule has 6 aromatic heterocycles. The van der Waals surface area contributed by atoms with E-state index in [2.05, 4.69) is 305 Å². The monoisotopic (exact) mass is 2210 g/mol. The first kappa shape index (κ1) is 96.9. The van der Waals surface area contributed by atoms with Gasteiger partial charge in [-0.1, -0.05) is 326 Å². The molecule has 15 aromatic rings. The number of benzene rings is 9. The molecule has 19 heteroatoms. The average Bonchev–Trinajstić information content (AvgIpc) is 0.794. The molecular formula is C107H103F3Ir3N13-3. The fourth-order valence-electron chi connectivity index (χ4n) is 13.5. The van der Waals surface area contributed by atoms with E-state index in [9.17, 15) is 13.2 Å². The van der Waals surface area contributed by atoms with Gasteiger partial charge >= 0.3 is 6.18 Å². The molecule has 9 aromatic carbocycles. The van der Waals surface area contributed by atoms with Gasteiger partial charge in [-0.2, -0.15) is 13.2 Å². The number of alkyl halides is 3. The van der Waals surface area contributed by atoms with Crippen molar-refractivity contribution < 1.29 is 73.5 Å². The molecule has 0 aliphatic rings. The average molecular weight is 2200 g/mol. The Labute approximate surface area is 781 Å². The summed E-state index contributed by atoms with van der Waals surface area (Å²) < 4.78 is 38.9. The molecule has 6 heterocycles. The maximum Gasteiger partial charge on any atom is 0.381 e. The number of nitrogens with zero attached hydrogens (tertiary/aromatic N) is 13. The van der Waals surface area contributed by atoms with Crippen LogP contribution in [0.4, 0.5) is 13.2 Å². The molecule has 15 rings (SSSR count). The minimum atomic E-state index is -4.42. The molecular weight excluding hydrogens is 2100 g/mol. The molecule has 0 aliphatic heterocycles. The van der Waals surface area contributed by atoms with Crippen molar-refractivity contribution in [2.45, 2.75) is 183 Å². The molecule has 647 valence electrons. The molecule has 0 aliphatic carbocycles. The summed E-state index contributed by atoms with van der Waals surface area (Å²) in [6.45, 7) is 41.7. The number of nitriles is 1. The first-order valence-corrected chi connectivity index (χ1v) is 41.6. The molecule has 13 nitrogen and oxygen atoms in total. The Bertz CT molecular complexity index is 5960. The first-order chi connectivity index (χ1) is 58.2. The van der Waals surface area contributed by atoms with Gasteiger partial charge in [-0.3, -0.25) is 0 Å². The Morgan fingerprint density at radius 1 is 0.262 bits per heavy atom. The Kier molecular flexibility index (Phi) is 30.9. The summed E-state index contributed by atoms with van der Waals surface area (Å²) in [5.74, 6) is 5.21. The minimum Gasteiger partial charge on any atom is -0.304 e. The minimum absolute atomic E-state index is 0. The van der Waals surface area contributed by atoms with Crippen molar-refractivity contribution in [3.63, 3.8) is 0 Å². The van der Waals surface area contributed by atoms with Gasteiger partial charge in [-0.25, -0.2) is 50.1 Å². The summed E-state index contributed by atoms with van der Waals surface area (Å²) in [4.78, 5) is 57.7. The maximum absolute atomic E-state index is 13.0. The molecule has 0 N–H and O–H groups in total. The molecule has 0 amide bonds. The van der Waals surface area contributed by atoms with Gasteiger partial charge in [-0.05, 0) is 94.1 Å². The summed E-state index contributed by atoms with van der Waals surface area (Å²) in [5.41, 5.74) is 21.1. The molecule has 0 saturated carbocycles. The van der Waals surface area contributed by atoms with Gasteiger partial charge in [0.1, 0.15) is 0 Å². The van der Waals surface area contributed by atoms with E-state index in [4.69, 9.17) is 55.1 Å². The Morgan fingerprint density at radius 2 is 0.476 bits per heavy atom. The number of hydrogen-bond acceptors (Lipinski definition) is 13. The fourth-order valence-corrected chi connectivity index (χ4v) is 13.5. The van der Waals surface area contributed by atoms with Crippen molar-refractivity contribution in [3.8, 4) is 142 Å². The molecule has 0 spiro atoms. The normalized spacial score (nSPS) is 11.8. The van der Waals surface area contributed by atoms with Crippen LogP contribution in [0.1, 0.15) is 188 Å². The second kappa shape index (κ2) is 40.1. The SMILES string of the molecule is CC(C)(C)c1ccc(-c2nc(-c3ccc(C(C)(C)C)cc3)nc(-c3ccc(-c4[c-]cc(C#N)cc4)nc3)n2)cc1.CC(C)(C)c1ccc(-c2nc(-c3ccc(C(C)(C)C)cc3)nc(-c3ccc(-c4[c-]cc(C(F)(F)F)cc4)nc3)n2)cc1.CCCc1c[c-]c(-c2ccc(-c3nc(-c4ccc(C(C)(C)C)cc4)nc(-c4ccc(C(C)(C)C)cc4)n3)cn2)cc1.[Ir].[Ir].[Ir]. The molecule has 0 unspecified atom stereocenters. The molecule has 3 radical (unpaired) electrons. The third-order valence-electron chi connectivity index (χ3n) is 21.4. The van der Waals surface area contributed by atoms with Gasteiger partial charge in [0.2, 0.25) is 0 Å². The van der Waals surface area contributed by atoms with Gasteiger partial charge in [0.05, 0.1) is 0 Å². The van der Waals surface area contributed by atoms with Crippen molar-refractivity contribution in [1.29, 1.82) is 5.26 Å². The van der Waals surface area contributed by atoms with Gasteiger partial charge < -0.3 is 15.0 Å². The number of hydrogen-bond donors (Lipinski definition) is 0. The van der Waals surface area contributed by atoms with E-state index in [-0.39, 0.29) is 92.8 Å². The van der Waals surface area contributed by atoms with Crippen molar-refractivity contribution in [2.75, 3.05) is 0 Å². The zero-order chi connectivity index (χ0) is 88.0. The van der Waals surface area contributed by atoms with Crippen LogP contribution in [-0.2, 0) is 105 Å². The van der Waals surface area contributed by atoms with Crippen LogP contribution in [0.5, 0.6) is 0 Å². The third kappa shape index (κ3) is 24.5. The second-order valence-corrected chi connectivity index (χ2v) is 37.1. The number of halogens is 3. The Morgan fingerprint density at radius 3 is 0.651 bits per heavy atom. The van der Waals surface area contributed by atoms with Crippen molar-refractivity contribution >= 4 is 0 Å².